The molecule has 0 atom stereocenters. The van der Waals surface area contributed by atoms with Gasteiger partial charge in [-0.1, -0.05) is 0 Å². The molecule has 0 bridgehead atoms. The third kappa shape index (κ3) is 2.84. The van der Waals surface area contributed by atoms with E-state index in [2.05, 4.69) is 0 Å². The minimum atomic E-state index is -4.64. The summed E-state index contributed by atoms with van der Waals surface area (Å²) in [5.41, 5.74) is -5.89. The first-order valence-electron chi connectivity index (χ1n) is 3.91. The fourth-order valence-corrected chi connectivity index (χ4v) is 1.79. The molecule has 1 aromatic rings. The number of halogens is 4. The van der Waals surface area contributed by atoms with E-state index in [1.54, 1.807) is 0 Å². The summed E-state index contributed by atoms with van der Waals surface area (Å²) in [6.45, 7) is 1.06. The summed E-state index contributed by atoms with van der Waals surface area (Å²) in [7, 11) is 0. The molecule has 88 valence electrons. The first-order valence-corrected chi connectivity index (χ1v) is 4.73. The van der Waals surface area contributed by atoms with E-state index in [1.165, 1.54) is 0 Å². The average molecular weight is 255 g/mol. The second-order valence-electron chi connectivity index (χ2n) is 2.82. The highest BCUT2D eigenvalue weighted by Gasteiger charge is 2.34. The van der Waals surface area contributed by atoms with Crippen LogP contribution in [0.1, 0.15) is 5.56 Å². The van der Waals surface area contributed by atoms with Crippen molar-refractivity contribution in [3.05, 3.63) is 33.6 Å². The SMILES string of the molecule is Cc1c(F)ccc(SC(F)(F)F)c1[N+](=O)[O-]. The van der Waals surface area contributed by atoms with Crippen molar-refractivity contribution in [2.24, 2.45) is 0 Å². The lowest BCUT2D eigenvalue weighted by Gasteiger charge is -2.07. The lowest BCUT2D eigenvalue weighted by Crippen LogP contribution is -2.03. The first-order chi connectivity index (χ1) is 7.22. The molecule has 0 saturated carbocycles. The van der Waals surface area contributed by atoms with Gasteiger partial charge in [0.15, 0.2) is 0 Å². The molecule has 16 heavy (non-hydrogen) atoms. The number of nitro groups is 1. The van der Waals surface area contributed by atoms with Gasteiger partial charge < -0.3 is 0 Å². The van der Waals surface area contributed by atoms with Crippen LogP contribution in [0.5, 0.6) is 0 Å². The number of hydrogen-bond acceptors (Lipinski definition) is 3. The van der Waals surface area contributed by atoms with Gasteiger partial charge in [0.1, 0.15) is 5.82 Å². The normalized spacial score (nSPS) is 11.6. The molecule has 0 saturated heterocycles. The lowest BCUT2D eigenvalue weighted by molar-refractivity contribution is -0.388. The van der Waals surface area contributed by atoms with E-state index < -0.39 is 44.2 Å². The molecule has 0 radical (unpaired) electrons. The van der Waals surface area contributed by atoms with E-state index in [1.807, 2.05) is 0 Å². The molecule has 8 heteroatoms. The Morgan fingerprint density at radius 1 is 1.38 bits per heavy atom. The van der Waals surface area contributed by atoms with Gasteiger partial charge in [-0.15, -0.1) is 0 Å². The molecular weight excluding hydrogens is 250 g/mol. The van der Waals surface area contributed by atoms with Gasteiger partial charge >= 0.3 is 5.51 Å². The van der Waals surface area contributed by atoms with E-state index in [4.69, 9.17) is 0 Å². The molecule has 0 aliphatic rings. The second kappa shape index (κ2) is 4.28. The van der Waals surface area contributed by atoms with Crippen molar-refractivity contribution in [2.45, 2.75) is 17.3 Å². The Balaban J connectivity index is 3.29. The maximum absolute atomic E-state index is 13.0. The minimum absolute atomic E-state index is 0.403. The largest absolute Gasteiger partial charge is 0.446 e. The minimum Gasteiger partial charge on any atom is -0.258 e. The molecule has 1 rings (SSSR count). The van der Waals surface area contributed by atoms with Crippen LogP contribution in [-0.4, -0.2) is 10.4 Å². The van der Waals surface area contributed by atoms with Gasteiger partial charge in [-0.2, -0.15) is 13.2 Å². The number of thioether (sulfide) groups is 1. The molecule has 0 N–H and O–H groups in total. The summed E-state index contributed by atoms with van der Waals surface area (Å²) < 4.78 is 49.1. The van der Waals surface area contributed by atoms with Crippen molar-refractivity contribution in [2.75, 3.05) is 0 Å². The van der Waals surface area contributed by atoms with Crippen LogP contribution < -0.4 is 0 Å². The molecule has 0 amide bonds. The van der Waals surface area contributed by atoms with Gasteiger partial charge in [0, 0.05) is 0 Å². The molecule has 0 aromatic heterocycles. The fourth-order valence-electron chi connectivity index (χ4n) is 1.08. The first kappa shape index (κ1) is 12.8. The van der Waals surface area contributed by atoms with Gasteiger partial charge in [0.05, 0.1) is 15.4 Å². The smallest absolute Gasteiger partial charge is 0.258 e. The van der Waals surface area contributed by atoms with Gasteiger partial charge in [0.2, 0.25) is 0 Å². The highest BCUT2D eigenvalue weighted by molar-refractivity contribution is 8.00. The van der Waals surface area contributed by atoms with Crippen LogP contribution in [0, 0.1) is 22.9 Å². The number of nitro benzene ring substituents is 1. The van der Waals surface area contributed by atoms with Crippen LogP contribution >= 0.6 is 11.8 Å². The Labute approximate surface area is 91.6 Å². The second-order valence-corrected chi connectivity index (χ2v) is 3.93. The molecule has 0 heterocycles. The summed E-state index contributed by atoms with van der Waals surface area (Å²) in [6, 6.07) is 1.52. The Kier molecular flexibility index (Phi) is 3.41. The molecule has 0 fully saturated rings. The maximum atomic E-state index is 13.0. The summed E-state index contributed by atoms with van der Waals surface area (Å²) in [4.78, 5) is 8.90. The van der Waals surface area contributed by atoms with Gasteiger partial charge in [-0.05, 0) is 30.8 Å². The van der Waals surface area contributed by atoms with Crippen molar-refractivity contribution in [3.63, 3.8) is 0 Å². The summed E-state index contributed by atoms with van der Waals surface area (Å²) in [6.07, 6.45) is 0. The highest BCUT2D eigenvalue weighted by atomic mass is 32.2. The summed E-state index contributed by atoms with van der Waals surface area (Å²) in [5, 5.41) is 10.5. The predicted molar refractivity (Wildman–Crippen MR) is 49.7 cm³/mol. The number of benzene rings is 1. The molecule has 0 spiro atoms. The monoisotopic (exact) mass is 255 g/mol. The van der Waals surface area contributed by atoms with Crippen molar-refractivity contribution in [1.29, 1.82) is 0 Å². The van der Waals surface area contributed by atoms with Crippen LogP contribution in [0.15, 0.2) is 17.0 Å². The van der Waals surface area contributed by atoms with Crippen molar-refractivity contribution in [3.8, 4) is 0 Å². The third-order valence-corrected chi connectivity index (χ3v) is 2.52. The van der Waals surface area contributed by atoms with Crippen molar-refractivity contribution < 1.29 is 22.5 Å². The van der Waals surface area contributed by atoms with Crippen molar-refractivity contribution >= 4 is 17.4 Å². The van der Waals surface area contributed by atoms with E-state index >= 15 is 0 Å². The Morgan fingerprint density at radius 3 is 2.38 bits per heavy atom. The summed E-state index contributed by atoms with van der Waals surface area (Å²) >= 11 is -0.630. The lowest BCUT2D eigenvalue weighted by atomic mass is 10.2. The molecule has 0 aliphatic carbocycles. The van der Waals surface area contributed by atoms with Gasteiger partial charge in [0.25, 0.3) is 5.69 Å². The number of rotatable bonds is 2. The molecule has 1 aromatic carbocycles. The van der Waals surface area contributed by atoms with E-state index in [0.717, 1.165) is 19.1 Å². The van der Waals surface area contributed by atoms with Crippen LogP contribution in [0.3, 0.4) is 0 Å². The topological polar surface area (TPSA) is 43.1 Å². The van der Waals surface area contributed by atoms with Gasteiger partial charge in [-0.3, -0.25) is 10.1 Å². The van der Waals surface area contributed by atoms with E-state index in [-0.39, 0.29) is 0 Å². The van der Waals surface area contributed by atoms with Crippen LogP contribution in [-0.2, 0) is 0 Å². The summed E-state index contributed by atoms with van der Waals surface area (Å²) in [5.74, 6) is -0.904. The maximum Gasteiger partial charge on any atom is 0.446 e. The predicted octanol–water partition coefficient (Wildman–Crippen LogP) is 3.65. The van der Waals surface area contributed by atoms with Crippen LogP contribution in [0.4, 0.5) is 23.2 Å². The quantitative estimate of drug-likeness (QED) is 0.350. The zero-order valence-electron chi connectivity index (χ0n) is 7.84. The van der Waals surface area contributed by atoms with E-state index in [0.29, 0.717) is 0 Å². The number of alkyl halides is 3. The van der Waals surface area contributed by atoms with Crippen LogP contribution in [0.25, 0.3) is 0 Å². The molecule has 0 aliphatic heterocycles. The number of hydrogen-bond donors (Lipinski definition) is 0. The Hall–Kier alpha value is -1.31. The molecule has 3 nitrogen and oxygen atoms in total. The Morgan fingerprint density at radius 2 is 1.94 bits per heavy atom. The highest BCUT2D eigenvalue weighted by Crippen LogP contribution is 2.42. The standard InChI is InChI=1S/C8H5F4NO2S/c1-4-5(9)2-3-6(7(4)13(14)15)16-8(10,11)12/h2-3H,1H3. The zero-order chi connectivity index (χ0) is 12.5. The molecule has 0 unspecified atom stereocenters. The van der Waals surface area contributed by atoms with E-state index in [9.17, 15) is 27.7 Å². The van der Waals surface area contributed by atoms with Crippen LogP contribution in [0.2, 0.25) is 0 Å². The Bertz CT molecular complexity index is 433. The van der Waals surface area contributed by atoms with Crippen molar-refractivity contribution in [1.82, 2.24) is 0 Å². The fraction of sp³-hybridized carbons (Fsp3) is 0.250. The number of nitrogens with zero attached hydrogens (tertiary/aromatic N) is 1. The average Bonchev–Trinajstić information content (AvgIpc) is 2.08. The zero-order valence-corrected chi connectivity index (χ0v) is 8.66. The molecular formula is C8H5F4NO2S. The van der Waals surface area contributed by atoms with Gasteiger partial charge in [-0.25, -0.2) is 4.39 Å². The third-order valence-electron chi connectivity index (χ3n) is 1.74.